The number of thioether (sulfide) groups is 1. The highest BCUT2D eigenvalue weighted by molar-refractivity contribution is 7.99. The molecule has 1 aliphatic rings. The molecule has 0 atom stereocenters. The molecule has 0 radical (unpaired) electrons. The van der Waals surface area contributed by atoms with E-state index in [1.165, 1.54) is 7.05 Å². The molecule has 18 heavy (non-hydrogen) atoms. The minimum atomic E-state index is -3.47. The van der Waals surface area contributed by atoms with Gasteiger partial charge in [-0.2, -0.15) is 11.8 Å². The number of nitrogens with zero attached hydrogens (tertiary/aromatic N) is 1. The lowest BCUT2D eigenvalue weighted by atomic mass is 10.2. The molecule has 1 aliphatic heterocycles. The van der Waals surface area contributed by atoms with E-state index in [1.807, 2.05) is 17.8 Å². The molecule has 0 saturated carbocycles. The van der Waals surface area contributed by atoms with Crippen LogP contribution in [0, 0.1) is 0 Å². The summed E-state index contributed by atoms with van der Waals surface area (Å²) >= 11 is 1.93. The number of anilines is 2. The third-order valence-electron chi connectivity index (χ3n) is 2.93. The molecule has 0 unspecified atom stereocenters. The molecular weight excluding hydrogens is 270 g/mol. The van der Waals surface area contributed by atoms with Crippen molar-refractivity contribution in [3.05, 3.63) is 18.2 Å². The maximum absolute atomic E-state index is 11.7. The Labute approximate surface area is 112 Å². The number of benzene rings is 1. The quantitative estimate of drug-likeness (QED) is 0.802. The monoisotopic (exact) mass is 287 g/mol. The fourth-order valence-corrected chi connectivity index (χ4v) is 3.65. The van der Waals surface area contributed by atoms with Crippen molar-refractivity contribution in [2.24, 2.45) is 0 Å². The van der Waals surface area contributed by atoms with Crippen molar-refractivity contribution >= 4 is 33.2 Å². The lowest BCUT2D eigenvalue weighted by Crippen LogP contribution is -2.32. The van der Waals surface area contributed by atoms with Gasteiger partial charge < -0.3 is 10.6 Å². The minimum Gasteiger partial charge on any atom is -0.398 e. The van der Waals surface area contributed by atoms with E-state index in [1.54, 1.807) is 12.1 Å². The Morgan fingerprint density at radius 1 is 1.33 bits per heavy atom. The number of nitrogens with one attached hydrogen (secondary N) is 1. The Hall–Kier alpha value is -0.920. The van der Waals surface area contributed by atoms with Crippen LogP contribution in [-0.2, 0) is 10.0 Å². The van der Waals surface area contributed by atoms with E-state index in [-0.39, 0.29) is 4.90 Å². The van der Waals surface area contributed by atoms with Crippen molar-refractivity contribution in [1.82, 2.24) is 4.72 Å². The van der Waals surface area contributed by atoms with Crippen LogP contribution in [0.2, 0.25) is 0 Å². The van der Waals surface area contributed by atoms with Gasteiger partial charge in [-0.05, 0) is 25.2 Å². The first-order valence-corrected chi connectivity index (χ1v) is 8.34. The molecule has 3 N–H and O–H groups in total. The van der Waals surface area contributed by atoms with E-state index in [4.69, 9.17) is 5.73 Å². The average Bonchev–Trinajstić information content (AvgIpc) is 2.39. The van der Waals surface area contributed by atoms with Crippen LogP contribution in [0.25, 0.3) is 0 Å². The van der Waals surface area contributed by atoms with Crippen LogP contribution in [0.5, 0.6) is 0 Å². The first kappa shape index (κ1) is 13.5. The second-order valence-corrected chi connectivity index (χ2v) is 7.11. The van der Waals surface area contributed by atoms with Gasteiger partial charge in [0, 0.05) is 30.3 Å². The van der Waals surface area contributed by atoms with Crippen molar-refractivity contribution in [2.75, 3.05) is 42.3 Å². The van der Waals surface area contributed by atoms with E-state index >= 15 is 0 Å². The van der Waals surface area contributed by atoms with Crippen molar-refractivity contribution in [2.45, 2.75) is 4.90 Å². The largest absolute Gasteiger partial charge is 0.398 e. The molecule has 2 rings (SSSR count). The van der Waals surface area contributed by atoms with Crippen molar-refractivity contribution in [3.63, 3.8) is 0 Å². The zero-order valence-corrected chi connectivity index (χ0v) is 11.9. The molecule has 0 spiro atoms. The van der Waals surface area contributed by atoms with Gasteiger partial charge >= 0.3 is 0 Å². The lowest BCUT2D eigenvalue weighted by Gasteiger charge is -2.28. The molecule has 1 aromatic carbocycles. The van der Waals surface area contributed by atoms with Crippen LogP contribution in [-0.4, -0.2) is 40.1 Å². The first-order chi connectivity index (χ1) is 8.54. The molecule has 100 valence electrons. The van der Waals surface area contributed by atoms with Gasteiger partial charge in [-0.15, -0.1) is 0 Å². The van der Waals surface area contributed by atoms with Crippen LogP contribution in [0.4, 0.5) is 11.4 Å². The molecule has 1 heterocycles. The first-order valence-electron chi connectivity index (χ1n) is 5.70. The lowest BCUT2D eigenvalue weighted by molar-refractivity contribution is 0.588. The fourth-order valence-electron chi connectivity index (χ4n) is 1.91. The number of sulfonamides is 1. The molecule has 7 heteroatoms. The predicted octanol–water partition coefficient (Wildman–Crippen LogP) is 0.730. The number of hydrogen-bond acceptors (Lipinski definition) is 5. The van der Waals surface area contributed by atoms with Crippen molar-refractivity contribution < 1.29 is 8.42 Å². The van der Waals surface area contributed by atoms with E-state index in [0.29, 0.717) is 5.69 Å². The van der Waals surface area contributed by atoms with E-state index in [9.17, 15) is 8.42 Å². The Bertz CT molecular complexity index is 525. The molecule has 5 nitrogen and oxygen atoms in total. The highest BCUT2D eigenvalue weighted by Crippen LogP contribution is 2.26. The molecule has 1 aromatic rings. The predicted molar refractivity (Wildman–Crippen MR) is 76.6 cm³/mol. The Balaban J connectivity index is 2.30. The van der Waals surface area contributed by atoms with Crippen LogP contribution in [0.3, 0.4) is 0 Å². The third kappa shape index (κ3) is 2.73. The van der Waals surface area contributed by atoms with Gasteiger partial charge in [-0.25, -0.2) is 13.1 Å². The van der Waals surface area contributed by atoms with Gasteiger partial charge in [-0.3, -0.25) is 0 Å². The SMILES string of the molecule is CNS(=O)(=O)c1ccc(N2CCSCC2)cc1N. The molecule has 0 aromatic heterocycles. The number of nitrogens with two attached hydrogens (primary N) is 1. The summed E-state index contributed by atoms with van der Waals surface area (Å²) in [7, 11) is -2.09. The Morgan fingerprint density at radius 3 is 2.56 bits per heavy atom. The Kier molecular flexibility index (Phi) is 4.04. The molecule has 0 bridgehead atoms. The summed E-state index contributed by atoms with van der Waals surface area (Å²) in [6.07, 6.45) is 0. The van der Waals surface area contributed by atoms with Gasteiger partial charge in [-0.1, -0.05) is 0 Å². The van der Waals surface area contributed by atoms with Gasteiger partial charge in [0.05, 0.1) is 5.69 Å². The van der Waals surface area contributed by atoms with Crippen molar-refractivity contribution in [1.29, 1.82) is 0 Å². The summed E-state index contributed by atoms with van der Waals surface area (Å²) in [5, 5.41) is 0. The number of hydrogen-bond donors (Lipinski definition) is 2. The van der Waals surface area contributed by atoms with Gasteiger partial charge in [0.1, 0.15) is 4.90 Å². The zero-order valence-electron chi connectivity index (χ0n) is 10.2. The number of rotatable bonds is 3. The normalized spacial score (nSPS) is 16.8. The van der Waals surface area contributed by atoms with Crippen LogP contribution in [0.15, 0.2) is 23.1 Å². The molecular formula is C11H17N3O2S2. The molecule has 0 amide bonds. The summed E-state index contributed by atoms with van der Waals surface area (Å²) in [4.78, 5) is 2.36. The molecule has 0 aliphatic carbocycles. The second kappa shape index (κ2) is 5.38. The highest BCUT2D eigenvalue weighted by atomic mass is 32.2. The van der Waals surface area contributed by atoms with E-state index in [2.05, 4.69) is 9.62 Å². The maximum Gasteiger partial charge on any atom is 0.242 e. The molecule has 1 saturated heterocycles. The zero-order chi connectivity index (χ0) is 13.2. The summed E-state index contributed by atoms with van der Waals surface area (Å²) in [6.45, 7) is 1.95. The maximum atomic E-state index is 11.7. The average molecular weight is 287 g/mol. The highest BCUT2D eigenvalue weighted by Gasteiger charge is 2.17. The van der Waals surface area contributed by atoms with Crippen LogP contribution in [0.1, 0.15) is 0 Å². The van der Waals surface area contributed by atoms with Crippen LogP contribution < -0.4 is 15.4 Å². The smallest absolute Gasteiger partial charge is 0.242 e. The van der Waals surface area contributed by atoms with Gasteiger partial charge in [0.2, 0.25) is 10.0 Å². The fraction of sp³-hybridized carbons (Fsp3) is 0.455. The summed E-state index contributed by atoms with van der Waals surface area (Å²) in [5.41, 5.74) is 7.12. The van der Waals surface area contributed by atoms with Gasteiger partial charge in [0.15, 0.2) is 0 Å². The van der Waals surface area contributed by atoms with E-state index < -0.39 is 10.0 Å². The van der Waals surface area contributed by atoms with Crippen LogP contribution >= 0.6 is 11.8 Å². The second-order valence-electron chi connectivity index (χ2n) is 4.03. The molecule has 1 fully saturated rings. The minimum absolute atomic E-state index is 0.139. The van der Waals surface area contributed by atoms with Crippen molar-refractivity contribution in [3.8, 4) is 0 Å². The Morgan fingerprint density at radius 2 is 2.00 bits per heavy atom. The summed E-state index contributed by atoms with van der Waals surface area (Å²) in [6, 6.07) is 5.12. The summed E-state index contributed by atoms with van der Waals surface area (Å²) < 4.78 is 25.7. The third-order valence-corrected chi connectivity index (χ3v) is 5.36. The summed E-state index contributed by atoms with van der Waals surface area (Å²) in [5.74, 6) is 2.19. The van der Waals surface area contributed by atoms with E-state index in [0.717, 1.165) is 30.3 Å². The topological polar surface area (TPSA) is 75.4 Å². The number of nitrogen functional groups attached to an aromatic ring is 1. The van der Waals surface area contributed by atoms with Gasteiger partial charge in [0.25, 0.3) is 0 Å². The standard InChI is InChI=1S/C11H17N3O2S2/c1-13-18(15,16)11-3-2-9(8-10(11)12)14-4-6-17-7-5-14/h2-3,8,13H,4-7,12H2,1H3.